The highest BCUT2D eigenvalue weighted by Crippen LogP contribution is 2.37. The summed E-state index contributed by atoms with van der Waals surface area (Å²) < 4.78 is 76.3. The smallest absolute Gasteiger partial charge is 0.245 e. The van der Waals surface area contributed by atoms with Crippen LogP contribution in [0, 0.1) is 40.9 Å². The van der Waals surface area contributed by atoms with E-state index < -0.39 is 84.7 Å². The van der Waals surface area contributed by atoms with Crippen LogP contribution in [0.5, 0.6) is 0 Å². The van der Waals surface area contributed by atoms with Crippen LogP contribution in [0.15, 0.2) is 0 Å². The molecule has 4 N–H and O–H groups in total. The summed E-state index contributed by atoms with van der Waals surface area (Å²) >= 11 is 0. The van der Waals surface area contributed by atoms with Crippen molar-refractivity contribution in [3.8, 4) is 0 Å². The Morgan fingerprint density at radius 1 is 0.480 bits per heavy atom. The van der Waals surface area contributed by atoms with Gasteiger partial charge in [0, 0.05) is 62.8 Å². The summed E-state index contributed by atoms with van der Waals surface area (Å²) in [6.45, 7) is 37.7. The highest BCUT2D eigenvalue weighted by atomic mass is 16.7. The fraction of sp³-hybridized carbons (Fsp3) is 0.947. The monoisotopic (exact) mass is 1070 g/mol. The van der Waals surface area contributed by atoms with E-state index in [9.17, 15) is 9.59 Å². The molecule has 0 aromatic rings. The topological polar surface area (TPSA) is 212 Å². The molecule has 440 valence electrons. The van der Waals surface area contributed by atoms with Crippen LogP contribution < -0.4 is 16.4 Å². The van der Waals surface area contributed by atoms with Crippen molar-refractivity contribution in [1.29, 1.82) is 0 Å². The van der Waals surface area contributed by atoms with E-state index in [1.807, 2.05) is 34.6 Å². The Hall–Kier alpha value is -1.91. The molecule has 75 heavy (non-hydrogen) atoms. The van der Waals surface area contributed by atoms with Crippen LogP contribution in [0.4, 0.5) is 0 Å². The Morgan fingerprint density at radius 3 is 1.17 bits per heavy atom. The Bertz CT molecular complexity index is 1610. The van der Waals surface area contributed by atoms with E-state index in [0.29, 0.717) is 59.5 Å². The zero-order valence-electron chi connectivity index (χ0n) is 49.6. The lowest BCUT2D eigenvalue weighted by molar-refractivity contribution is -0.291. The molecule has 0 aromatic heterocycles. The van der Waals surface area contributed by atoms with Crippen molar-refractivity contribution in [2.75, 3.05) is 66.1 Å². The normalized spacial score (nSPS) is 32.5. The fourth-order valence-corrected chi connectivity index (χ4v) is 9.87. The number of Topliss-reactive ketones (excluding diaryl/α,β-unsaturated/α-hetero) is 1. The Kier molecular flexibility index (Phi) is 30.8. The molecule has 2 amide bonds. The first-order valence-corrected chi connectivity index (χ1v) is 29.0. The number of hydrogen-bond acceptors (Lipinski definition) is 16. The molecular formula is C57H107N3O15. The number of rotatable bonds is 35. The molecule has 3 saturated heterocycles. The first-order valence-electron chi connectivity index (χ1n) is 29.0. The Balaban J connectivity index is 1.97. The molecule has 3 fully saturated rings. The van der Waals surface area contributed by atoms with E-state index in [0.717, 1.165) is 38.5 Å². The minimum Gasteiger partial charge on any atom is -0.379 e. The van der Waals surface area contributed by atoms with Gasteiger partial charge in [-0.3, -0.25) is 14.4 Å². The van der Waals surface area contributed by atoms with Gasteiger partial charge in [-0.05, 0) is 70.1 Å². The third-order valence-electron chi connectivity index (χ3n) is 15.1. The molecule has 3 rings (SSSR count). The van der Waals surface area contributed by atoms with Gasteiger partial charge in [0.2, 0.25) is 11.8 Å². The number of ketones is 1. The molecule has 0 aromatic carbocycles. The highest BCUT2D eigenvalue weighted by Gasteiger charge is 2.48. The van der Waals surface area contributed by atoms with Crippen LogP contribution in [0.1, 0.15) is 156 Å². The minimum absolute atomic E-state index is 0.0162. The van der Waals surface area contributed by atoms with Gasteiger partial charge in [0.05, 0.1) is 56.9 Å². The van der Waals surface area contributed by atoms with Gasteiger partial charge in [-0.25, -0.2) is 0 Å². The third kappa shape index (κ3) is 20.3. The van der Waals surface area contributed by atoms with Crippen LogP contribution in [0.25, 0.3) is 0 Å². The van der Waals surface area contributed by atoms with E-state index >= 15 is 4.79 Å². The van der Waals surface area contributed by atoms with Crippen molar-refractivity contribution in [3.63, 3.8) is 0 Å². The molecule has 0 spiro atoms. The van der Waals surface area contributed by atoms with Crippen molar-refractivity contribution < 1.29 is 71.2 Å². The second-order valence-electron chi connectivity index (χ2n) is 22.7. The molecule has 0 aliphatic carbocycles. The number of ether oxygens (including phenoxy) is 12. The van der Waals surface area contributed by atoms with E-state index in [-0.39, 0.29) is 66.2 Å². The Morgan fingerprint density at radius 2 is 0.813 bits per heavy atom. The molecule has 18 heteroatoms. The molecule has 0 bridgehead atoms. The summed E-state index contributed by atoms with van der Waals surface area (Å²) in [4.78, 5) is 44.0. The van der Waals surface area contributed by atoms with Crippen molar-refractivity contribution in [2.45, 2.75) is 242 Å². The fourth-order valence-electron chi connectivity index (χ4n) is 9.87. The number of amides is 2. The van der Waals surface area contributed by atoms with Crippen molar-refractivity contribution >= 4 is 17.6 Å². The largest absolute Gasteiger partial charge is 0.379 e. The molecule has 18 nitrogen and oxygen atoms in total. The van der Waals surface area contributed by atoms with Crippen molar-refractivity contribution in [1.82, 2.24) is 10.6 Å². The van der Waals surface area contributed by atoms with Gasteiger partial charge in [-0.2, -0.15) is 0 Å². The molecule has 3 aliphatic heterocycles. The number of nitrogens with one attached hydrogen (secondary N) is 2. The van der Waals surface area contributed by atoms with E-state index in [1.165, 1.54) is 0 Å². The summed E-state index contributed by atoms with van der Waals surface area (Å²) in [6, 6.07) is -3.78. The second kappa shape index (κ2) is 34.3. The molecule has 11 unspecified atom stereocenters. The quantitative estimate of drug-likeness (QED) is 0.0529. The number of nitrogens with two attached hydrogens (primary N) is 1. The van der Waals surface area contributed by atoms with Gasteiger partial charge in [0.15, 0.2) is 24.7 Å². The van der Waals surface area contributed by atoms with E-state index in [1.54, 1.807) is 34.6 Å². The summed E-state index contributed by atoms with van der Waals surface area (Å²) in [7, 11) is 0. The van der Waals surface area contributed by atoms with Gasteiger partial charge in [-0.1, -0.05) is 104 Å². The zero-order chi connectivity index (χ0) is 56.0. The van der Waals surface area contributed by atoms with Gasteiger partial charge >= 0.3 is 0 Å². The maximum atomic E-state index is 15.1. The summed E-state index contributed by atoms with van der Waals surface area (Å²) in [6.07, 6.45) is -1.01. The highest BCUT2D eigenvalue weighted by molar-refractivity contribution is 5.96. The van der Waals surface area contributed by atoms with Crippen LogP contribution in [-0.2, 0) is 71.2 Å². The van der Waals surface area contributed by atoms with Crippen LogP contribution in [0.3, 0.4) is 0 Å². The van der Waals surface area contributed by atoms with Crippen LogP contribution in [-0.4, -0.2) is 169 Å². The minimum atomic E-state index is -1.37. The van der Waals surface area contributed by atoms with Crippen molar-refractivity contribution in [3.05, 3.63) is 0 Å². The third-order valence-corrected chi connectivity index (χ3v) is 15.1. The van der Waals surface area contributed by atoms with Crippen molar-refractivity contribution in [2.24, 2.45) is 46.7 Å². The summed E-state index contributed by atoms with van der Waals surface area (Å²) in [5, 5.41) is 5.91. The average molecular weight is 1070 g/mol. The molecule has 0 radical (unpaired) electrons. The lowest BCUT2D eigenvalue weighted by atomic mass is 9.83. The first-order chi connectivity index (χ1) is 35.6. The lowest BCUT2D eigenvalue weighted by Crippen LogP contribution is -2.63. The maximum absolute atomic E-state index is 15.1. The molecule has 3 heterocycles. The summed E-state index contributed by atoms with van der Waals surface area (Å²) in [5.41, 5.74) is 5.73. The Labute approximate surface area is 452 Å². The molecule has 20 atom stereocenters. The van der Waals surface area contributed by atoms with Gasteiger partial charge < -0.3 is 73.2 Å². The number of hydrogen-bond donors (Lipinski definition) is 3. The predicted molar refractivity (Wildman–Crippen MR) is 288 cm³/mol. The molecule has 3 aliphatic rings. The van der Waals surface area contributed by atoms with E-state index in [2.05, 4.69) is 59.1 Å². The molecular weight excluding hydrogens is 967 g/mol. The van der Waals surface area contributed by atoms with Gasteiger partial charge in [0.1, 0.15) is 36.4 Å². The standard InChI is InChI=1S/C57H107N3O15/c1-18-24-64-31-43-48(67-27-21-4)34(7)37(10)54(73-43)70-30-42(58)52(62)60-47(41(14)72-56-39(12)36(9)50(69-29-23-6)45(75-56)33-66-26-20-3)53(63)59-46(51(61)57(15,16)17)40(13)71-55-38(11)35(8)49(68-28-22-5)44(74-55)32-65-25-19-2/h34-50,54-56H,18-33,58H2,1-17H3,(H,59,63)(H,60,62)/t34-,35-,36-,37+,38+,39+,40?,41?,42?,43?,44?,45?,46?,47?,48-,49-,50-,54?,55?,56?/m1/s1. The second-order valence-corrected chi connectivity index (χ2v) is 22.7. The predicted octanol–water partition coefficient (Wildman–Crippen LogP) is 7.38. The SMILES string of the molecule is CCCOCC1OC(OCC(N)C(=O)NC(C(=O)NC(C(=O)C(C)(C)C)C(C)OC2OC(COCCC)[C@H](OCCC)[C@H](C)[C@@H]2C)C(C)OC2OC(COCCC)[C@H](OCCC)[C@H](C)[C@@H]2C)[C@@H](C)[C@@H](C)[C@H]1OCCC. The van der Waals surface area contributed by atoms with Gasteiger partial charge in [-0.15, -0.1) is 0 Å². The average Bonchev–Trinajstić information content (AvgIpc) is 3.37. The maximum Gasteiger partial charge on any atom is 0.245 e. The molecule has 0 saturated carbocycles. The van der Waals surface area contributed by atoms with Crippen LogP contribution >= 0.6 is 0 Å². The zero-order valence-corrected chi connectivity index (χ0v) is 49.6. The van der Waals surface area contributed by atoms with E-state index in [4.69, 9.17) is 62.6 Å². The van der Waals surface area contributed by atoms with Crippen LogP contribution in [0.2, 0.25) is 0 Å². The summed E-state index contributed by atoms with van der Waals surface area (Å²) in [5.74, 6) is -2.03. The van der Waals surface area contributed by atoms with Gasteiger partial charge in [0.25, 0.3) is 0 Å². The number of carbonyl (C=O) groups is 3. The lowest BCUT2D eigenvalue weighted by Gasteiger charge is -2.46. The first kappa shape index (κ1) is 67.4. The number of carbonyl (C=O) groups excluding carboxylic acids is 3.